The van der Waals surface area contributed by atoms with Gasteiger partial charge in [-0.2, -0.15) is 0 Å². The molecule has 14 heavy (non-hydrogen) atoms. The van der Waals surface area contributed by atoms with Crippen molar-refractivity contribution < 1.29 is 0 Å². The summed E-state index contributed by atoms with van der Waals surface area (Å²) >= 11 is 5.73. The third-order valence-electron chi connectivity index (χ3n) is 1.96. The Morgan fingerprint density at radius 2 is 2.36 bits per heavy atom. The number of hydrogen-bond acceptors (Lipinski definition) is 4. The highest BCUT2D eigenvalue weighted by Gasteiger charge is 2.06. The number of tetrazole rings is 1. The maximum atomic E-state index is 5.73. The van der Waals surface area contributed by atoms with Crippen molar-refractivity contribution in [3.05, 3.63) is 24.0 Å². The third-order valence-corrected chi connectivity index (χ3v) is 2.23. The average molecular weight is 213 g/mol. The molecule has 7 heteroatoms. The lowest BCUT2D eigenvalue weighted by Crippen LogP contribution is -2.07. The quantitative estimate of drug-likeness (QED) is 0.682. The first-order chi connectivity index (χ1) is 6.81. The topological polar surface area (TPSA) is 61.4 Å². The lowest BCUT2D eigenvalue weighted by molar-refractivity contribution is 0.637. The van der Waals surface area contributed by atoms with Crippen molar-refractivity contribution in [2.24, 2.45) is 7.05 Å². The summed E-state index contributed by atoms with van der Waals surface area (Å²) in [5, 5.41) is 11.2. The number of hydrogen-bond donors (Lipinski definition) is 0. The van der Waals surface area contributed by atoms with Gasteiger partial charge in [0.25, 0.3) is 0 Å². The van der Waals surface area contributed by atoms with Crippen molar-refractivity contribution in [1.29, 1.82) is 0 Å². The maximum absolute atomic E-state index is 5.73. The van der Waals surface area contributed by atoms with Gasteiger partial charge in [-0.05, 0) is 10.4 Å². The first-order valence-electron chi connectivity index (χ1n) is 4.07. The second kappa shape index (κ2) is 3.75. The van der Waals surface area contributed by atoms with Crippen LogP contribution in [0.1, 0.15) is 11.5 Å². The summed E-state index contributed by atoms with van der Waals surface area (Å²) in [5.74, 6) is 1.21. The maximum Gasteiger partial charge on any atom is 0.170 e. The zero-order chi connectivity index (χ0) is 9.97. The standard InChI is InChI=1S/C7H9ClN6/c1-13-7(10-11-12-13)4-14-5-9-3-6(14)2-8/h3,5H,2,4H2,1H3. The van der Waals surface area contributed by atoms with Gasteiger partial charge < -0.3 is 4.57 Å². The summed E-state index contributed by atoms with van der Waals surface area (Å²) in [6.45, 7) is 0.589. The molecule has 0 radical (unpaired) electrons. The molecule has 0 N–H and O–H groups in total. The molecule has 0 unspecified atom stereocenters. The molecule has 2 aromatic heterocycles. The van der Waals surface area contributed by atoms with Crippen molar-refractivity contribution in [2.45, 2.75) is 12.4 Å². The van der Waals surface area contributed by atoms with Crippen molar-refractivity contribution in [1.82, 2.24) is 29.8 Å². The monoisotopic (exact) mass is 212 g/mol. The van der Waals surface area contributed by atoms with E-state index in [4.69, 9.17) is 11.6 Å². The van der Waals surface area contributed by atoms with Gasteiger partial charge >= 0.3 is 0 Å². The van der Waals surface area contributed by atoms with Crippen molar-refractivity contribution in [3.8, 4) is 0 Å². The Kier molecular flexibility index (Phi) is 2.45. The fourth-order valence-corrected chi connectivity index (χ4v) is 1.36. The molecular formula is C7H9ClN6. The summed E-state index contributed by atoms with van der Waals surface area (Å²) in [4.78, 5) is 4.00. The number of nitrogens with zero attached hydrogens (tertiary/aromatic N) is 6. The second-order valence-electron chi connectivity index (χ2n) is 2.87. The molecule has 0 fully saturated rings. The van der Waals surface area contributed by atoms with Crippen LogP contribution >= 0.6 is 11.6 Å². The van der Waals surface area contributed by atoms with Gasteiger partial charge in [0.15, 0.2) is 5.82 Å². The van der Waals surface area contributed by atoms with Crippen molar-refractivity contribution >= 4 is 11.6 Å². The highest BCUT2D eigenvalue weighted by atomic mass is 35.5. The van der Waals surface area contributed by atoms with E-state index in [1.54, 1.807) is 24.3 Å². The van der Waals surface area contributed by atoms with E-state index in [0.29, 0.717) is 12.4 Å². The van der Waals surface area contributed by atoms with Crippen LogP contribution < -0.4 is 0 Å². The Morgan fingerprint density at radius 1 is 1.50 bits per heavy atom. The van der Waals surface area contributed by atoms with Crippen LogP contribution in [0.25, 0.3) is 0 Å². The summed E-state index contributed by atoms with van der Waals surface area (Å²) in [6.07, 6.45) is 3.45. The number of imidazole rings is 1. The zero-order valence-corrected chi connectivity index (χ0v) is 8.39. The van der Waals surface area contributed by atoms with Gasteiger partial charge in [0.05, 0.1) is 24.4 Å². The van der Waals surface area contributed by atoms with Crippen LogP contribution in [0.3, 0.4) is 0 Å². The summed E-state index contributed by atoms with van der Waals surface area (Å²) in [5.41, 5.74) is 0.953. The summed E-state index contributed by atoms with van der Waals surface area (Å²) < 4.78 is 3.54. The van der Waals surface area contributed by atoms with E-state index in [9.17, 15) is 0 Å². The molecule has 0 amide bonds. The fourth-order valence-electron chi connectivity index (χ4n) is 1.14. The van der Waals surface area contributed by atoms with E-state index in [1.165, 1.54) is 0 Å². The lowest BCUT2D eigenvalue weighted by Gasteiger charge is -2.03. The Balaban J connectivity index is 2.22. The number of alkyl halides is 1. The Labute approximate surface area is 85.5 Å². The first kappa shape index (κ1) is 9.14. The van der Waals surface area contributed by atoms with Gasteiger partial charge in [0.1, 0.15) is 0 Å². The molecule has 0 aliphatic rings. The predicted octanol–water partition coefficient (Wildman–Crippen LogP) is 0.194. The number of aryl methyl sites for hydroxylation is 1. The molecule has 0 aliphatic carbocycles. The predicted molar refractivity (Wildman–Crippen MR) is 49.7 cm³/mol. The number of halogens is 1. The minimum Gasteiger partial charge on any atom is -0.326 e. The first-order valence-corrected chi connectivity index (χ1v) is 4.61. The SMILES string of the molecule is Cn1nnnc1Cn1cncc1CCl. The van der Waals surface area contributed by atoms with Crippen molar-refractivity contribution in [2.75, 3.05) is 0 Å². The molecule has 2 heterocycles. The van der Waals surface area contributed by atoms with E-state index in [0.717, 1.165) is 11.5 Å². The molecule has 2 rings (SSSR count). The van der Waals surface area contributed by atoms with E-state index in [2.05, 4.69) is 20.5 Å². The van der Waals surface area contributed by atoms with Gasteiger partial charge in [-0.15, -0.1) is 16.7 Å². The molecule has 0 saturated carbocycles. The van der Waals surface area contributed by atoms with Crippen LogP contribution in [-0.2, 0) is 19.5 Å². The van der Waals surface area contributed by atoms with E-state index in [1.807, 2.05) is 4.57 Å². The van der Waals surface area contributed by atoms with Crippen LogP contribution in [0.15, 0.2) is 12.5 Å². The molecule has 6 nitrogen and oxygen atoms in total. The van der Waals surface area contributed by atoms with Crippen LogP contribution in [0.2, 0.25) is 0 Å². The minimum absolute atomic E-state index is 0.436. The molecule has 0 saturated heterocycles. The molecule has 0 aromatic carbocycles. The van der Waals surface area contributed by atoms with Crippen LogP contribution in [0.5, 0.6) is 0 Å². The number of rotatable bonds is 3. The van der Waals surface area contributed by atoms with Crippen LogP contribution in [0, 0.1) is 0 Å². The van der Waals surface area contributed by atoms with Gasteiger partial charge in [0.2, 0.25) is 0 Å². The molecule has 0 spiro atoms. The largest absolute Gasteiger partial charge is 0.326 e. The third kappa shape index (κ3) is 1.60. The van der Waals surface area contributed by atoms with Gasteiger partial charge in [-0.1, -0.05) is 0 Å². The Morgan fingerprint density at radius 3 is 3.00 bits per heavy atom. The normalized spacial score (nSPS) is 10.7. The highest BCUT2D eigenvalue weighted by Crippen LogP contribution is 2.05. The average Bonchev–Trinajstić information content (AvgIpc) is 2.77. The van der Waals surface area contributed by atoms with Gasteiger partial charge in [0, 0.05) is 13.2 Å². The van der Waals surface area contributed by atoms with E-state index >= 15 is 0 Å². The lowest BCUT2D eigenvalue weighted by atomic mass is 10.5. The molecule has 0 bridgehead atoms. The smallest absolute Gasteiger partial charge is 0.170 e. The summed E-state index contributed by atoms with van der Waals surface area (Å²) in [6, 6.07) is 0. The number of aromatic nitrogens is 6. The zero-order valence-electron chi connectivity index (χ0n) is 7.63. The van der Waals surface area contributed by atoms with E-state index < -0.39 is 0 Å². The Hall–Kier alpha value is -1.43. The van der Waals surface area contributed by atoms with Gasteiger partial charge in [-0.25, -0.2) is 9.67 Å². The van der Waals surface area contributed by atoms with E-state index in [-0.39, 0.29) is 0 Å². The second-order valence-corrected chi connectivity index (χ2v) is 3.13. The molecule has 74 valence electrons. The summed E-state index contributed by atoms with van der Waals surface area (Å²) in [7, 11) is 1.80. The van der Waals surface area contributed by atoms with Crippen LogP contribution in [0.4, 0.5) is 0 Å². The van der Waals surface area contributed by atoms with Crippen LogP contribution in [-0.4, -0.2) is 29.8 Å². The molecule has 0 atom stereocenters. The molecule has 2 aromatic rings. The molecule has 0 aliphatic heterocycles. The van der Waals surface area contributed by atoms with Gasteiger partial charge in [-0.3, -0.25) is 0 Å². The highest BCUT2D eigenvalue weighted by molar-refractivity contribution is 6.16. The van der Waals surface area contributed by atoms with Crippen molar-refractivity contribution in [3.63, 3.8) is 0 Å². The Bertz CT molecular complexity index is 419. The fraction of sp³-hybridized carbons (Fsp3) is 0.429. The minimum atomic E-state index is 0.436. The molecular weight excluding hydrogens is 204 g/mol.